The van der Waals surface area contributed by atoms with Gasteiger partial charge >= 0.3 is 0 Å². The molecule has 0 saturated carbocycles. The molecule has 1 amide bonds. The van der Waals surface area contributed by atoms with Gasteiger partial charge in [0.1, 0.15) is 0 Å². The van der Waals surface area contributed by atoms with Crippen LogP contribution in [-0.4, -0.2) is 21.7 Å². The Bertz CT molecular complexity index is 751. The van der Waals surface area contributed by atoms with Gasteiger partial charge in [0, 0.05) is 31.3 Å². The number of amides is 1. The molecule has 0 aliphatic heterocycles. The minimum absolute atomic E-state index is 0.241. The van der Waals surface area contributed by atoms with E-state index in [1.807, 2.05) is 24.3 Å². The van der Waals surface area contributed by atoms with Crippen LogP contribution in [0.2, 0.25) is 0 Å². The minimum atomic E-state index is -0.641. The maximum atomic E-state index is 12.2. The second-order valence-corrected chi connectivity index (χ2v) is 5.29. The number of rotatable bonds is 2. The van der Waals surface area contributed by atoms with Crippen LogP contribution in [0, 0.1) is 0 Å². The monoisotopic (exact) mass is 284 g/mol. The number of carbonyl (C=O) groups excluding carboxylic acids is 1. The summed E-state index contributed by atoms with van der Waals surface area (Å²) in [5.74, 6) is -0.353. The highest BCUT2D eigenvalue weighted by Gasteiger charge is 2.32. The van der Waals surface area contributed by atoms with Crippen molar-refractivity contribution in [2.45, 2.75) is 18.6 Å². The summed E-state index contributed by atoms with van der Waals surface area (Å²) >= 11 is 0. The molecule has 0 fully saturated rings. The largest absolute Gasteiger partial charge is 0.390 e. The number of carbonyl (C=O) groups is 1. The number of pyridine rings is 1. The topological polar surface area (TPSA) is 71.3 Å². The van der Waals surface area contributed by atoms with E-state index >= 15 is 0 Å². The zero-order chi connectivity index (χ0) is 15.0. The van der Waals surface area contributed by atoms with Gasteiger partial charge in [-0.15, -0.1) is 0 Å². The van der Waals surface area contributed by atoms with Gasteiger partial charge in [-0.25, -0.2) is 0 Å². The summed E-state index contributed by atoms with van der Waals surface area (Å²) in [7, 11) is 1.63. The van der Waals surface area contributed by atoms with Crippen LogP contribution in [0.4, 0.5) is 0 Å². The standard InChI is InChI=1S/C16H16N2O3/c1-18-7-6-11(9-14(18)20)16(21)17-15-12-5-3-2-4-10(12)8-13(15)19/h2-7,9,13,15,19H,8H2,1H3,(H,17,21)/t13-,15+/m1/s1. The zero-order valence-corrected chi connectivity index (χ0v) is 11.6. The van der Waals surface area contributed by atoms with Gasteiger partial charge < -0.3 is 15.0 Å². The van der Waals surface area contributed by atoms with Gasteiger partial charge in [-0.3, -0.25) is 9.59 Å². The Labute approximate surface area is 121 Å². The van der Waals surface area contributed by atoms with Gasteiger partial charge in [-0.1, -0.05) is 24.3 Å². The molecule has 5 nitrogen and oxygen atoms in total. The van der Waals surface area contributed by atoms with Crippen molar-refractivity contribution in [3.05, 3.63) is 69.6 Å². The number of benzene rings is 1. The van der Waals surface area contributed by atoms with Crippen LogP contribution in [0.1, 0.15) is 27.5 Å². The molecule has 2 atom stereocenters. The van der Waals surface area contributed by atoms with Gasteiger partial charge in [0.05, 0.1) is 12.1 Å². The summed E-state index contributed by atoms with van der Waals surface area (Å²) < 4.78 is 1.40. The first-order chi connectivity index (χ1) is 10.1. The van der Waals surface area contributed by atoms with Crippen molar-refractivity contribution in [2.75, 3.05) is 0 Å². The molecule has 1 aromatic heterocycles. The summed E-state index contributed by atoms with van der Waals surface area (Å²) in [5, 5.41) is 12.9. The third kappa shape index (κ3) is 2.48. The predicted molar refractivity (Wildman–Crippen MR) is 78.0 cm³/mol. The van der Waals surface area contributed by atoms with Crippen LogP contribution in [0.3, 0.4) is 0 Å². The summed E-state index contributed by atoms with van der Waals surface area (Å²) in [6.07, 6.45) is 1.44. The molecule has 21 heavy (non-hydrogen) atoms. The summed E-state index contributed by atoms with van der Waals surface area (Å²) in [6.45, 7) is 0. The lowest BCUT2D eigenvalue weighted by molar-refractivity contribution is 0.0858. The van der Waals surface area contributed by atoms with E-state index in [0.717, 1.165) is 11.1 Å². The van der Waals surface area contributed by atoms with Crippen LogP contribution in [0.5, 0.6) is 0 Å². The van der Waals surface area contributed by atoms with Crippen molar-refractivity contribution in [1.82, 2.24) is 9.88 Å². The Balaban J connectivity index is 1.85. The SMILES string of the molecule is Cn1ccc(C(=O)N[C@H]2c3ccccc3C[C@H]2O)cc1=O. The molecule has 1 aromatic carbocycles. The number of aliphatic hydroxyl groups excluding tert-OH is 1. The number of nitrogens with zero attached hydrogens (tertiary/aromatic N) is 1. The highest BCUT2D eigenvalue weighted by Crippen LogP contribution is 2.31. The van der Waals surface area contributed by atoms with Crippen LogP contribution in [0.15, 0.2) is 47.4 Å². The molecular weight excluding hydrogens is 268 g/mol. The number of hydrogen-bond donors (Lipinski definition) is 2. The normalized spacial score (nSPS) is 20.1. The van der Waals surface area contributed by atoms with Crippen molar-refractivity contribution in [3.8, 4) is 0 Å². The first-order valence-electron chi connectivity index (χ1n) is 6.79. The molecule has 3 rings (SSSR count). The van der Waals surface area contributed by atoms with E-state index in [1.54, 1.807) is 19.3 Å². The molecule has 108 valence electrons. The summed E-state index contributed by atoms with van der Waals surface area (Å²) in [5.41, 5.74) is 2.03. The number of nitrogens with one attached hydrogen (secondary N) is 1. The molecule has 0 bridgehead atoms. The summed E-state index contributed by atoms with van der Waals surface area (Å²) in [6, 6.07) is 10.1. The molecular formula is C16H16N2O3. The van der Waals surface area contributed by atoms with Crippen molar-refractivity contribution in [3.63, 3.8) is 0 Å². The zero-order valence-electron chi connectivity index (χ0n) is 11.6. The Morgan fingerprint density at radius 3 is 2.86 bits per heavy atom. The fourth-order valence-electron chi connectivity index (χ4n) is 2.66. The number of hydrogen-bond acceptors (Lipinski definition) is 3. The average molecular weight is 284 g/mol. The molecule has 2 N–H and O–H groups in total. The number of aliphatic hydroxyl groups is 1. The third-order valence-corrected chi connectivity index (χ3v) is 3.86. The smallest absolute Gasteiger partial charge is 0.252 e. The lowest BCUT2D eigenvalue weighted by Crippen LogP contribution is -2.34. The highest BCUT2D eigenvalue weighted by molar-refractivity contribution is 5.94. The second kappa shape index (κ2) is 5.18. The van der Waals surface area contributed by atoms with E-state index in [2.05, 4.69) is 5.32 Å². The molecule has 0 spiro atoms. The Morgan fingerprint density at radius 2 is 2.10 bits per heavy atom. The molecule has 0 unspecified atom stereocenters. The van der Waals surface area contributed by atoms with Gasteiger partial charge in [0.25, 0.3) is 11.5 Å². The maximum absolute atomic E-state index is 12.2. The van der Waals surface area contributed by atoms with Crippen molar-refractivity contribution in [1.29, 1.82) is 0 Å². The molecule has 1 heterocycles. The third-order valence-electron chi connectivity index (χ3n) is 3.86. The fourth-order valence-corrected chi connectivity index (χ4v) is 2.66. The van der Waals surface area contributed by atoms with Gasteiger partial charge in [0.2, 0.25) is 0 Å². The average Bonchev–Trinajstić information content (AvgIpc) is 2.78. The Hall–Kier alpha value is -2.40. The van der Waals surface area contributed by atoms with Crippen LogP contribution >= 0.6 is 0 Å². The Morgan fingerprint density at radius 1 is 1.33 bits per heavy atom. The van der Waals surface area contributed by atoms with Crippen LogP contribution in [0.25, 0.3) is 0 Å². The quantitative estimate of drug-likeness (QED) is 0.856. The molecule has 1 aliphatic rings. The van der Waals surface area contributed by atoms with E-state index in [9.17, 15) is 14.7 Å². The lowest BCUT2D eigenvalue weighted by atomic mass is 10.1. The first kappa shape index (κ1) is 13.6. The van der Waals surface area contributed by atoms with Crippen molar-refractivity contribution in [2.24, 2.45) is 7.05 Å². The van der Waals surface area contributed by atoms with Crippen molar-refractivity contribution >= 4 is 5.91 Å². The second-order valence-electron chi connectivity index (χ2n) is 5.29. The van der Waals surface area contributed by atoms with Gasteiger partial charge in [-0.05, 0) is 17.2 Å². The number of aromatic nitrogens is 1. The first-order valence-corrected chi connectivity index (χ1v) is 6.79. The van der Waals surface area contributed by atoms with Crippen LogP contribution < -0.4 is 10.9 Å². The van der Waals surface area contributed by atoms with E-state index in [1.165, 1.54) is 10.6 Å². The van der Waals surface area contributed by atoms with Gasteiger partial charge in [-0.2, -0.15) is 0 Å². The van der Waals surface area contributed by atoms with Crippen LogP contribution in [-0.2, 0) is 13.5 Å². The van der Waals surface area contributed by atoms with Crippen molar-refractivity contribution < 1.29 is 9.90 Å². The molecule has 0 saturated heterocycles. The number of fused-ring (bicyclic) bond motifs is 1. The molecule has 5 heteroatoms. The van der Waals surface area contributed by atoms with E-state index in [4.69, 9.17) is 0 Å². The van der Waals surface area contributed by atoms with Gasteiger partial charge in [0.15, 0.2) is 0 Å². The predicted octanol–water partition coefficient (Wildman–Crippen LogP) is 0.773. The number of aryl methyl sites for hydroxylation is 1. The Kier molecular flexibility index (Phi) is 3.35. The molecule has 2 aromatic rings. The van der Waals surface area contributed by atoms with E-state index < -0.39 is 12.1 Å². The van der Waals surface area contributed by atoms with E-state index in [0.29, 0.717) is 12.0 Å². The fraction of sp³-hybridized carbons (Fsp3) is 0.250. The maximum Gasteiger partial charge on any atom is 0.252 e. The van der Waals surface area contributed by atoms with E-state index in [-0.39, 0.29) is 11.5 Å². The minimum Gasteiger partial charge on any atom is -0.390 e. The summed E-state index contributed by atoms with van der Waals surface area (Å²) in [4.78, 5) is 23.8. The highest BCUT2D eigenvalue weighted by atomic mass is 16.3. The molecule has 0 radical (unpaired) electrons. The molecule has 1 aliphatic carbocycles. The lowest BCUT2D eigenvalue weighted by Gasteiger charge is -2.18.